The molecule has 0 radical (unpaired) electrons. The van der Waals surface area contributed by atoms with Gasteiger partial charge < -0.3 is 14.2 Å². The number of hydrogen-bond donors (Lipinski definition) is 1. The maximum atomic E-state index is 16.0. The topological polar surface area (TPSA) is 115 Å². The molecule has 1 atom stereocenters. The van der Waals surface area contributed by atoms with Gasteiger partial charge in [0.15, 0.2) is 0 Å². The highest BCUT2D eigenvalue weighted by Crippen LogP contribution is 2.59. The summed E-state index contributed by atoms with van der Waals surface area (Å²) in [6.07, 6.45) is 7.62. The molecule has 3 aromatic rings. The molecule has 0 aliphatic heterocycles. The third-order valence-corrected chi connectivity index (χ3v) is 15.3. The minimum Gasteiger partial charge on any atom is -0.481 e. The van der Waals surface area contributed by atoms with Gasteiger partial charge in [0.1, 0.15) is 32.3 Å². The SMILES string of the molecule is COc1ncccc1-c1cc(C(=O)N(S(C)(C)C(C)(C)C)S(=N)(=O)C2CC2)c(F)cc1Oc1cnc(OC(C)C)c(Cl)c1. The van der Waals surface area contributed by atoms with Crippen LogP contribution in [-0.4, -0.2) is 59.5 Å². The smallest absolute Gasteiger partial charge is 0.278 e. The molecule has 0 spiro atoms. The van der Waals surface area contributed by atoms with Crippen LogP contribution < -0.4 is 14.2 Å². The van der Waals surface area contributed by atoms with Crippen LogP contribution in [0, 0.1) is 10.6 Å². The predicted molar refractivity (Wildman–Crippen MR) is 171 cm³/mol. The van der Waals surface area contributed by atoms with Gasteiger partial charge in [-0.2, -0.15) is 10.2 Å². The molecule has 234 valence electrons. The van der Waals surface area contributed by atoms with E-state index in [9.17, 15) is 9.00 Å². The maximum absolute atomic E-state index is 16.0. The largest absolute Gasteiger partial charge is 0.481 e. The van der Waals surface area contributed by atoms with Gasteiger partial charge in [-0.1, -0.05) is 32.4 Å². The summed E-state index contributed by atoms with van der Waals surface area (Å²) >= 11 is 6.37. The van der Waals surface area contributed by atoms with Gasteiger partial charge in [-0.05, 0) is 57.4 Å². The van der Waals surface area contributed by atoms with Crippen molar-refractivity contribution in [3.8, 4) is 34.4 Å². The minimum atomic E-state index is -3.55. The molecule has 2 heterocycles. The van der Waals surface area contributed by atoms with E-state index in [4.69, 9.17) is 30.6 Å². The Morgan fingerprint density at radius 1 is 1.14 bits per heavy atom. The molecule has 1 fully saturated rings. The minimum absolute atomic E-state index is 0.0403. The highest BCUT2D eigenvalue weighted by Gasteiger charge is 2.48. The Morgan fingerprint density at radius 3 is 2.37 bits per heavy atom. The van der Waals surface area contributed by atoms with Crippen molar-refractivity contribution in [1.82, 2.24) is 13.7 Å². The number of rotatable bonds is 10. The van der Waals surface area contributed by atoms with Crippen LogP contribution in [0.1, 0.15) is 57.8 Å². The van der Waals surface area contributed by atoms with Gasteiger partial charge in [0.05, 0.1) is 30.2 Å². The second-order valence-corrected chi connectivity index (χ2v) is 18.8. The molecule has 1 unspecified atom stereocenters. The van der Waals surface area contributed by atoms with Crippen molar-refractivity contribution in [2.24, 2.45) is 0 Å². The molecule has 2 aromatic heterocycles. The molecule has 4 rings (SSSR count). The zero-order valence-corrected chi connectivity index (χ0v) is 28.0. The van der Waals surface area contributed by atoms with E-state index in [0.29, 0.717) is 24.0 Å². The first kappa shape index (κ1) is 32.8. The van der Waals surface area contributed by atoms with Crippen molar-refractivity contribution in [2.45, 2.75) is 63.6 Å². The van der Waals surface area contributed by atoms with Gasteiger partial charge in [-0.15, -0.1) is 0 Å². The summed E-state index contributed by atoms with van der Waals surface area (Å²) in [5.41, 5.74) is 0.380. The summed E-state index contributed by atoms with van der Waals surface area (Å²) < 4.78 is 56.7. The van der Waals surface area contributed by atoms with Crippen molar-refractivity contribution < 1.29 is 27.6 Å². The third-order valence-electron chi connectivity index (χ3n) is 7.21. The molecule has 1 N–H and O–H groups in total. The van der Waals surface area contributed by atoms with E-state index in [1.165, 1.54) is 31.6 Å². The molecule has 0 bridgehead atoms. The number of amides is 1. The molecule has 1 aliphatic carbocycles. The molecule has 43 heavy (non-hydrogen) atoms. The van der Waals surface area contributed by atoms with E-state index >= 15 is 4.39 Å². The Kier molecular flexibility index (Phi) is 9.25. The number of benzene rings is 1. The van der Waals surface area contributed by atoms with Crippen molar-refractivity contribution in [3.05, 3.63) is 59.1 Å². The highest BCUT2D eigenvalue weighted by molar-refractivity contribution is 8.36. The molecular formula is C30H38ClFN4O5S2. The molecule has 0 saturated heterocycles. The van der Waals surface area contributed by atoms with Gasteiger partial charge in [-0.25, -0.2) is 27.1 Å². The Hall–Kier alpha value is -3.09. The van der Waals surface area contributed by atoms with Crippen LogP contribution >= 0.6 is 21.8 Å². The second-order valence-electron chi connectivity index (χ2n) is 11.8. The van der Waals surface area contributed by atoms with E-state index in [1.807, 2.05) is 47.1 Å². The third kappa shape index (κ3) is 6.71. The monoisotopic (exact) mass is 652 g/mol. The summed E-state index contributed by atoms with van der Waals surface area (Å²) in [6.45, 7) is 9.48. The molecule has 13 heteroatoms. The number of aromatic nitrogens is 2. The number of halogens is 2. The average Bonchev–Trinajstić information content (AvgIpc) is 3.76. The molecule has 1 aromatic carbocycles. The fourth-order valence-electron chi connectivity index (χ4n) is 4.15. The highest BCUT2D eigenvalue weighted by atomic mass is 35.5. The molecule has 1 aliphatic rings. The number of pyridine rings is 2. The number of nitrogens with zero attached hydrogens (tertiary/aromatic N) is 3. The van der Waals surface area contributed by atoms with E-state index in [0.717, 1.165) is 9.78 Å². The normalized spacial score (nSPS) is 15.5. The maximum Gasteiger partial charge on any atom is 0.278 e. The lowest BCUT2D eigenvalue weighted by atomic mass is 10.0. The van der Waals surface area contributed by atoms with Crippen LogP contribution in [0.4, 0.5) is 4.39 Å². The van der Waals surface area contributed by atoms with Crippen LogP contribution in [0.25, 0.3) is 11.1 Å². The summed E-state index contributed by atoms with van der Waals surface area (Å²) in [5.74, 6) is -1.02. The van der Waals surface area contributed by atoms with Crippen molar-refractivity contribution in [1.29, 1.82) is 4.78 Å². The standard InChI is InChI=1S/C30H38ClFN4O5S2/c1-18(2)40-28-24(31)14-19(17-35-28)41-26-16-25(32)23(15-22(26)21-10-9-13-34-27(21)39-6)29(37)36(42(7,8)30(3,4)5)43(33,38)20-11-12-20/h9-10,13-18,20,33H,11-12H2,1-8H3. The Bertz CT molecular complexity index is 1640. The molecular weight excluding hydrogens is 615 g/mol. The predicted octanol–water partition coefficient (Wildman–Crippen LogP) is 7.87. The van der Waals surface area contributed by atoms with Gasteiger partial charge in [0.2, 0.25) is 11.8 Å². The number of methoxy groups -OCH3 is 1. The van der Waals surface area contributed by atoms with E-state index in [-0.39, 0.29) is 39.9 Å². The lowest BCUT2D eigenvalue weighted by Gasteiger charge is -2.52. The molecule has 1 saturated carbocycles. The molecule has 1 amide bonds. The summed E-state index contributed by atoms with van der Waals surface area (Å²) in [6, 6.07) is 7.29. The fraction of sp³-hybridized carbons (Fsp3) is 0.433. The number of nitrogens with one attached hydrogen (secondary N) is 1. The number of hydrogen-bond acceptors (Lipinski definition) is 8. The lowest BCUT2D eigenvalue weighted by molar-refractivity contribution is 0.0922. The summed E-state index contributed by atoms with van der Waals surface area (Å²) in [7, 11) is -4.28. The van der Waals surface area contributed by atoms with Crippen LogP contribution in [-0.2, 0) is 9.92 Å². The van der Waals surface area contributed by atoms with E-state index in [1.54, 1.807) is 12.1 Å². The Morgan fingerprint density at radius 2 is 1.81 bits per heavy atom. The number of ether oxygens (including phenoxy) is 3. The van der Waals surface area contributed by atoms with Crippen molar-refractivity contribution in [2.75, 3.05) is 19.6 Å². The number of carbonyl (C=O) groups is 1. The van der Waals surface area contributed by atoms with Crippen molar-refractivity contribution >= 4 is 37.6 Å². The summed E-state index contributed by atoms with van der Waals surface area (Å²) in [4.78, 5) is 22.8. The first-order valence-corrected chi connectivity index (χ1v) is 18.0. The van der Waals surface area contributed by atoms with Crippen molar-refractivity contribution in [3.63, 3.8) is 0 Å². The Balaban J connectivity index is 1.89. The second kappa shape index (κ2) is 12.1. The zero-order valence-electron chi connectivity index (χ0n) is 25.6. The van der Waals surface area contributed by atoms with Crippen LogP contribution in [0.15, 0.2) is 42.7 Å². The van der Waals surface area contributed by atoms with E-state index < -0.39 is 41.9 Å². The van der Waals surface area contributed by atoms with Gasteiger partial charge in [-0.3, -0.25) is 4.79 Å². The molecule has 9 nitrogen and oxygen atoms in total. The first-order valence-electron chi connectivity index (χ1n) is 13.7. The van der Waals surface area contributed by atoms with Gasteiger partial charge >= 0.3 is 0 Å². The Labute approximate surface area is 259 Å². The van der Waals surface area contributed by atoms with Gasteiger partial charge in [0.25, 0.3) is 5.91 Å². The summed E-state index contributed by atoms with van der Waals surface area (Å²) in [5, 5.41) is -0.249. The average molecular weight is 653 g/mol. The fourth-order valence-corrected chi connectivity index (χ4v) is 10.0. The quantitative estimate of drug-likeness (QED) is 0.237. The van der Waals surface area contributed by atoms with Crippen LogP contribution in [0.3, 0.4) is 0 Å². The van der Waals surface area contributed by atoms with Crippen LogP contribution in [0.2, 0.25) is 5.02 Å². The lowest BCUT2D eigenvalue weighted by Crippen LogP contribution is -2.46. The first-order chi connectivity index (χ1) is 20.0. The van der Waals surface area contributed by atoms with Gasteiger partial charge in [0, 0.05) is 34.2 Å². The zero-order chi connectivity index (χ0) is 31.9. The van der Waals surface area contributed by atoms with Crippen LogP contribution in [0.5, 0.6) is 23.3 Å². The number of carbonyl (C=O) groups excluding carboxylic acids is 1. The van der Waals surface area contributed by atoms with E-state index in [2.05, 4.69) is 9.97 Å².